The summed E-state index contributed by atoms with van der Waals surface area (Å²) < 4.78 is 46.4. The Hall–Kier alpha value is -2.38. The molecular weight excluding hydrogens is 391 g/mol. The van der Waals surface area contributed by atoms with E-state index in [1.807, 2.05) is 0 Å². The van der Waals surface area contributed by atoms with Crippen molar-refractivity contribution in [2.75, 3.05) is 6.54 Å². The lowest BCUT2D eigenvalue weighted by atomic mass is 9.86. The van der Waals surface area contributed by atoms with Gasteiger partial charge >= 0.3 is 6.18 Å². The number of nitrogens with zero attached hydrogens (tertiary/aromatic N) is 1. The van der Waals surface area contributed by atoms with Crippen molar-refractivity contribution in [1.29, 1.82) is 0 Å². The van der Waals surface area contributed by atoms with E-state index in [9.17, 15) is 13.2 Å². The Balaban J connectivity index is 1.50. The van der Waals surface area contributed by atoms with Gasteiger partial charge in [-0.2, -0.15) is 13.2 Å². The fourth-order valence-electron chi connectivity index (χ4n) is 5.00. The number of pyridine rings is 1. The number of benzene rings is 1. The molecule has 1 saturated heterocycles. The Morgan fingerprint density at radius 1 is 1.13 bits per heavy atom. The second-order valence-electron chi connectivity index (χ2n) is 8.82. The first-order valence-corrected chi connectivity index (χ1v) is 10.5. The number of hydrogen-bond donors (Lipinski definition) is 2. The minimum absolute atomic E-state index is 0.0156. The Kier molecular flexibility index (Phi) is 3.87. The van der Waals surface area contributed by atoms with Crippen LogP contribution >= 0.6 is 0 Å². The highest BCUT2D eigenvalue weighted by Crippen LogP contribution is 2.48. The van der Waals surface area contributed by atoms with Crippen molar-refractivity contribution in [3.8, 4) is 11.1 Å². The number of fused-ring (bicyclic) bond motifs is 2. The summed E-state index contributed by atoms with van der Waals surface area (Å²) in [4.78, 5) is 6.92. The van der Waals surface area contributed by atoms with Crippen LogP contribution in [0, 0.1) is 0 Å². The van der Waals surface area contributed by atoms with Gasteiger partial charge in [-0.3, -0.25) is 0 Å². The average Bonchev–Trinajstić information content (AvgIpc) is 3.13. The molecule has 3 aromatic rings. The highest BCUT2D eigenvalue weighted by molar-refractivity contribution is 5.85. The third kappa shape index (κ3) is 2.94. The van der Waals surface area contributed by atoms with Crippen molar-refractivity contribution < 1.29 is 17.9 Å². The van der Waals surface area contributed by atoms with Gasteiger partial charge in [0.05, 0.1) is 17.8 Å². The minimum atomic E-state index is -4.41. The lowest BCUT2D eigenvalue weighted by Gasteiger charge is -2.29. The van der Waals surface area contributed by atoms with Crippen LogP contribution in [0.5, 0.6) is 0 Å². The fourth-order valence-corrected chi connectivity index (χ4v) is 5.00. The molecule has 3 aliphatic rings. The number of nitrogens with one attached hydrogen (secondary N) is 2. The van der Waals surface area contributed by atoms with Crippen molar-refractivity contribution >= 4 is 11.0 Å². The third-order valence-electron chi connectivity index (χ3n) is 6.83. The van der Waals surface area contributed by atoms with E-state index in [0.717, 1.165) is 50.4 Å². The highest BCUT2D eigenvalue weighted by Gasteiger charge is 2.47. The molecule has 0 amide bonds. The number of alkyl halides is 3. The van der Waals surface area contributed by atoms with Crippen LogP contribution < -0.4 is 5.32 Å². The lowest BCUT2D eigenvalue weighted by Crippen LogP contribution is -2.26. The van der Waals surface area contributed by atoms with Gasteiger partial charge in [0, 0.05) is 35.8 Å². The summed E-state index contributed by atoms with van der Waals surface area (Å²) in [5, 5.41) is 3.68. The number of H-pyrrole nitrogens is 1. The number of aromatic nitrogens is 2. The predicted octanol–water partition coefficient (Wildman–Crippen LogP) is 5.28. The molecule has 1 aliphatic carbocycles. The fraction of sp³-hybridized carbons (Fsp3) is 0.435. The third-order valence-corrected chi connectivity index (χ3v) is 6.83. The summed E-state index contributed by atoms with van der Waals surface area (Å²) in [5.41, 5.74) is 4.95. The second kappa shape index (κ2) is 6.31. The molecule has 0 bridgehead atoms. The van der Waals surface area contributed by atoms with Crippen LogP contribution in [0.4, 0.5) is 13.2 Å². The number of hydrogen-bond acceptors (Lipinski definition) is 3. The van der Waals surface area contributed by atoms with E-state index in [1.165, 1.54) is 16.7 Å². The van der Waals surface area contributed by atoms with Crippen molar-refractivity contribution in [3.63, 3.8) is 0 Å². The lowest BCUT2D eigenvalue weighted by molar-refractivity contribution is -0.136. The van der Waals surface area contributed by atoms with Gasteiger partial charge in [0.15, 0.2) is 0 Å². The summed E-state index contributed by atoms with van der Waals surface area (Å²) in [6.07, 6.45) is 3.48. The number of halogens is 3. The van der Waals surface area contributed by atoms with E-state index < -0.39 is 11.7 Å². The molecule has 2 aliphatic heterocycles. The summed E-state index contributed by atoms with van der Waals surface area (Å²) in [7, 11) is 0. The number of ether oxygens (including phenoxy) is 1. The van der Waals surface area contributed by atoms with E-state index in [2.05, 4.69) is 27.4 Å². The molecule has 1 aromatic carbocycles. The second-order valence-corrected chi connectivity index (χ2v) is 8.82. The maximum Gasteiger partial charge on any atom is 0.418 e. The molecule has 2 aromatic heterocycles. The smallest absolute Gasteiger partial charge is 0.370 e. The number of rotatable bonds is 2. The van der Waals surface area contributed by atoms with Crippen molar-refractivity contribution in [3.05, 3.63) is 52.8 Å². The molecular formula is C23H22F3N3O. The summed E-state index contributed by atoms with van der Waals surface area (Å²) in [6, 6.07) is 6.14. The summed E-state index contributed by atoms with van der Waals surface area (Å²) in [5.74, 6) is 0. The molecule has 0 radical (unpaired) electrons. The number of aromatic amines is 1. The van der Waals surface area contributed by atoms with Gasteiger partial charge in [0.1, 0.15) is 5.65 Å². The van der Waals surface area contributed by atoms with E-state index in [0.29, 0.717) is 12.2 Å². The molecule has 2 fully saturated rings. The topological polar surface area (TPSA) is 49.9 Å². The van der Waals surface area contributed by atoms with E-state index in [4.69, 9.17) is 4.74 Å². The normalized spacial score (nSPS) is 22.6. The van der Waals surface area contributed by atoms with Crippen LogP contribution in [0.2, 0.25) is 0 Å². The molecule has 6 rings (SSSR count). The van der Waals surface area contributed by atoms with Gasteiger partial charge in [-0.05, 0) is 66.6 Å². The maximum atomic E-state index is 13.4. The molecule has 1 unspecified atom stereocenters. The minimum Gasteiger partial charge on any atom is -0.370 e. The molecule has 1 saturated carbocycles. The Bertz CT molecular complexity index is 1140. The Morgan fingerprint density at radius 2 is 2.00 bits per heavy atom. The largest absolute Gasteiger partial charge is 0.418 e. The molecule has 4 heterocycles. The van der Waals surface area contributed by atoms with Gasteiger partial charge in [-0.15, -0.1) is 0 Å². The van der Waals surface area contributed by atoms with Gasteiger partial charge in [-0.25, -0.2) is 4.98 Å². The van der Waals surface area contributed by atoms with Crippen LogP contribution in [0.1, 0.15) is 54.0 Å². The van der Waals surface area contributed by atoms with E-state index >= 15 is 0 Å². The van der Waals surface area contributed by atoms with E-state index in [1.54, 1.807) is 12.3 Å². The average molecular weight is 413 g/mol. The Labute approximate surface area is 171 Å². The molecule has 1 spiro atoms. The van der Waals surface area contributed by atoms with Gasteiger partial charge < -0.3 is 15.0 Å². The molecule has 156 valence electrons. The van der Waals surface area contributed by atoms with Crippen LogP contribution in [-0.4, -0.2) is 22.1 Å². The first-order chi connectivity index (χ1) is 14.4. The molecule has 4 nitrogen and oxygen atoms in total. The van der Waals surface area contributed by atoms with Gasteiger partial charge in [0.25, 0.3) is 0 Å². The maximum absolute atomic E-state index is 13.4. The first-order valence-electron chi connectivity index (χ1n) is 10.5. The molecule has 7 heteroatoms. The van der Waals surface area contributed by atoms with Gasteiger partial charge in [0.2, 0.25) is 0 Å². The highest BCUT2D eigenvalue weighted by atomic mass is 19.4. The molecule has 1 atom stereocenters. The zero-order chi connectivity index (χ0) is 20.5. The first kappa shape index (κ1) is 18.4. The predicted molar refractivity (Wildman–Crippen MR) is 107 cm³/mol. The summed E-state index contributed by atoms with van der Waals surface area (Å²) in [6.45, 7) is 1.61. The molecule has 2 N–H and O–H groups in total. The zero-order valence-electron chi connectivity index (χ0n) is 16.4. The van der Waals surface area contributed by atoms with Crippen molar-refractivity contribution in [1.82, 2.24) is 15.3 Å². The monoisotopic (exact) mass is 413 g/mol. The standard InChI is InChI=1S/C23H22F3N3O/c24-23(25,26)19-11-29-21-17(19)8-15(10-28-21)13-6-14-9-22(3-4-22)30-12-18(14)16(7-13)20-2-1-5-27-20/h6-8,10-11,20,27H,1-5,9,12H2,(H,28,29). The SMILES string of the molecule is FC(F)(F)c1c[nH]c2ncc(-c3cc4c(c(C5CCCN5)c3)COC3(CC3)C4)cc12. The quantitative estimate of drug-likeness (QED) is 0.601. The zero-order valence-corrected chi connectivity index (χ0v) is 16.4. The summed E-state index contributed by atoms with van der Waals surface area (Å²) >= 11 is 0. The van der Waals surface area contributed by atoms with Crippen molar-refractivity contribution in [2.45, 2.75) is 56.5 Å². The van der Waals surface area contributed by atoms with Crippen LogP contribution in [0.15, 0.2) is 30.6 Å². The molecule has 30 heavy (non-hydrogen) atoms. The van der Waals surface area contributed by atoms with E-state index in [-0.39, 0.29) is 22.7 Å². The van der Waals surface area contributed by atoms with Crippen LogP contribution in [0.3, 0.4) is 0 Å². The Morgan fingerprint density at radius 3 is 2.73 bits per heavy atom. The van der Waals surface area contributed by atoms with Crippen LogP contribution in [-0.2, 0) is 23.9 Å². The van der Waals surface area contributed by atoms with Crippen LogP contribution in [0.25, 0.3) is 22.2 Å². The van der Waals surface area contributed by atoms with Gasteiger partial charge in [-0.1, -0.05) is 6.07 Å². The van der Waals surface area contributed by atoms with Crippen molar-refractivity contribution in [2.24, 2.45) is 0 Å².